The number of carbonyl (C=O) groups is 2. The number of piperazine rings is 1. The first kappa shape index (κ1) is 13.0. The molecule has 1 fully saturated rings. The summed E-state index contributed by atoms with van der Waals surface area (Å²) in [6, 6.07) is -0.346. The monoisotopic (exact) mass is 227 g/mol. The van der Waals surface area contributed by atoms with E-state index in [4.69, 9.17) is 5.73 Å². The average Bonchev–Trinajstić information content (AvgIpc) is 2.28. The SMILES string of the molecule is CC(CCCN)C(=O)N1CCNC(=O)C1C. The van der Waals surface area contributed by atoms with Crippen molar-refractivity contribution in [1.29, 1.82) is 0 Å². The minimum absolute atomic E-state index is 0.0445. The third-order valence-corrected chi connectivity index (χ3v) is 3.04. The van der Waals surface area contributed by atoms with E-state index in [1.165, 1.54) is 0 Å². The number of nitrogens with zero attached hydrogens (tertiary/aromatic N) is 1. The summed E-state index contributed by atoms with van der Waals surface area (Å²) >= 11 is 0. The van der Waals surface area contributed by atoms with Crippen LogP contribution >= 0.6 is 0 Å². The molecule has 1 saturated heterocycles. The molecule has 1 aliphatic rings. The Morgan fingerprint density at radius 1 is 1.69 bits per heavy atom. The lowest BCUT2D eigenvalue weighted by atomic mass is 10.0. The number of hydrogen-bond donors (Lipinski definition) is 2. The number of nitrogens with two attached hydrogens (primary N) is 1. The summed E-state index contributed by atoms with van der Waals surface area (Å²) in [6.07, 6.45) is 1.64. The molecular formula is C11H21N3O2. The van der Waals surface area contributed by atoms with Crippen molar-refractivity contribution in [1.82, 2.24) is 10.2 Å². The summed E-state index contributed by atoms with van der Waals surface area (Å²) in [5.74, 6) is -0.0432. The van der Waals surface area contributed by atoms with Crippen LogP contribution in [0.3, 0.4) is 0 Å². The molecule has 92 valence electrons. The van der Waals surface area contributed by atoms with Crippen LogP contribution < -0.4 is 11.1 Å². The number of amides is 2. The predicted octanol–water partition coefficient (Wildman–Crippen LogP) is -0.292. The van der Waals surface area contributed by atoms with Gasteiger partial charge in [-0.05, 0) is 26.3 Å². The van der Waals surface area contributed by atoms with Crippen LogP contribution in [0.5, 0.6) is 0 Å². The van der Waals surface area contributed by atoms with Crippen molar-refractivity contribution < 1.29 is 9.59 Å². The fourth-order valence-corrected chi connectivity index (χ4v) is 1.91. The van der Waals surface area contributed by atoms with Crippen molar-refractivity contribution in [3.8, 4) is 0 Å². The van der Waals surface area contributed by atoms with Gasteiger partial charge >= 0.3 is 0 Å². The van der Waals surface area contributed by atoms with Gasteiger partial charge < -0.3 is 16.0 Å². The highest BCUT2D eigenvalue weighted by Gasteiger charge is 2.31. The normalized spacial score (nSPS) is 22.8. The first-order valence-electron chi connectivity index (χ1n) is 5.86. The molecule has 2 atom stereocenters. The van der Waals surface area contributed by atoms with E-state index < -0.39 is 0 Å². The van der Waals surface area contributed by atoms with Gasteiger partial charge in [0.25, 0.3) is 0 Å². The molecule has 2 unspecified atom stereocenters. The standard InChI is InChI=1S/C11H21N3O2/c1-8(4-3-5-12)11(16)14-7-6-13-10(15)9(14)2/h8-9H,3-7,12H2,1-2H3,(H,13,15). The second-order valence-electron chi connectivity index (χ2n) is 4.33. The van der Waals surface area contributed by atoms with Gasteiger partial charge in [0.1, 0.15) is 6.04 Å². The van der Waals surface area contributed by atoms with Crippen molar-refractivity contribution >= 4 is 11.8 Å². The van der Waals surface area contributed by atoms with E-state index in [-0.39, 0.29) is 23.8 Å². The molecule has 0 aromatic rings. The van der Waals surface area contributed by atoms with Gasteiger partial charge in [0.15, 0.2) is 0 Å². The summed E-state index contributed by atoms with van der Waals surface area (Å²) in [5.41, 5.74) is 5.42. The lowest BCUT2D eigenvalue weighted by molar-refractivity contribution is -0.145. The van der Waals surface area contributed by atoms with Crippen LogP contribution in [-0.4, -0.2) is 42.4 Å². The van der Waals surface area contributed by atoms with E-state index in [1.54, 1.807) is 11.8 Å². The Balaban J connectivity index is 2.54. The van der Waals surface area contributed by atoms with Crippen molar-refractivity contribution in [3.05, 3.63) is 0 Å². The van der Waals surface area contributed by atoms with E-state index in [2.05, 4.69) is 5.32 Å². The summed E-state index contributed by atoms with van der Waals surface area (Å²) < 4.78 is 0. The van der Waals surface area contributed by atoms with Gasteiger partial charge in [0.05, 0.1) is 0 Å². The van der Waals surface area contributed by atoms with Crippen molar-refractivity contribution in [2.75, 3.05) is 19.6 Å². The Morgan fingerprint density at radius 2 is 2.38 bits per heavy atom. The molecule has 1 heterocycles. The molecule has 0 spiro atoms. The Kier molecular flexibility index (Phi) is 4.73. The molecule has 16 heavy (non-hydrogen) atoms. The first-order valence-corrected chi connectivity index (χ1v) is 5.86. The van der Waals surface area contributed by atoms with Crippen molar-refractivity contribution in [3.63, 3.8) is 0 Å². The molecular weight excluding hydrogens is 206 g/mol. The highest BCUT2D eigenvalue weighted by molar-refractivity contribution is 5.89. The third kappa shape index (κ3) is 2.95. The molecule has 5 nitrogen and oxygen atoms in total. The highest BCUT2D eigenvalue weighted by Crippen LogP contribution is 2.13. The zero-order valence-electron chi connectivity index (χ0n) is 10.0. The van der Waals surface area contributed by atoms with Crippen LogP contribution in [0, 0.1) is 5.92 Å². The molecule has 0 aromatic heterocycles. The average molecular weight is 227 g/mol. The van der Waals surface area contributed by atoms with Gasteiger partial charge in [-0.15, -0.1) is 0 Å². The van der Waals surface area contributed by atoms with Gasteiger partial charge in [-0.25, -0.2) is 0 Å². The molecule has 1 rings (SSSR count). The lowest BCUT2D eigenvalue weighted by Crippen LogP contribution is -2.56. The predicted molar refractivity (Wildman–Crippen MR) is 61.6 cm³/mol. The maximum Gasteiger partial charge on any atom is 0.242 e. The quantitative estimate of drug-likeness (QED) is 0.693. The van der Waals surface area contributed by atoms with Gasteiger partial charge in [-0.2, -0.15) is 0 Å². The van der Waals surface area contributed by atoms with E-state index in [0.29, 0.717) is 19.6 Å². The van der Waals surface area contributed by atoms with Crippen LogP contribution in [0.4, 0.5) is 0 Å². The minimum Gasteiger partial charge on any atom is -0.353 e. The van der Waals surface area contributed by atoms with E-state index >= 15 is 0 Å². The summed E-state index contributed by atoms with van der Waals surface area (Å²) in [4.78, 5) is 25.2. The minimum atomic E-state index is -0.346. The summed E-state index contributed by atoms with van der Waals surface area (Å²) in [6.45, 7) is 5.43. The molecule has 1 aliphatic heterocycles. The highest BCUT2D eigenvalue weighted by atomic mass is 16.2. The maximum absolute atomic E-state index is 12.1. The van der Waals surface area contributed by atoms with Crippen LogP contribution in [0.15, 0.2) is 0 Å². The molecule has 0 aromatic carbocycles. The fraction of sp³-hybridized carbons (Fsp3) is 0.818. The van der Waals surface area contributed by atoms with Crippen molar-refractivity contribution in [2.45, 2.75) is 32.7 Å². The molecule has 5 heteroatoms. The zero-order chi connectivity index (χ0) is 12.1. The molecule has 0 radical (unpaired) electrons. The van der Waals surface area contributed by atoms with Gasteiger partial charge in [0, 0.05) is 19.0 Å². The van der Waals surface area contributed by atoms with Gasteiger partial charge in [-0.3, -0.25) is 9.59 Å². The largest absolute Gasteiger partial charge is 0.353 e. The molecule has 0 bridgehead atoms. The lowest BCUT2D eigenvalue weighted by Gasteiger charge is -2.34. The second-order valence-corrected chi connectivity index (χ2v) is 4.33. The number of nitrogens with one attached hydrogen (secondary N) is 1. The smallest absolute Gasteiger partial charge is 0.242 e. The Morgan fingerprint density at radius 3 is 3.00 bits per heavy atom. The van der Waals surface area contributed by atoms with Crippen LogP contribution in [-0.2, 0) is 9.59 Å². The topological polar surface area (TPSA) is 75.4 Å². The van der Waals surface area contributed by atoms with Gasteiger partial charge in [0.2, 0.25) is 11.8 Å². The van der Waals surface area contributed by atoms with Crippen LogP contribution in [0.25, 0.3) is 0 Å². The van der Waals surface area contributed by atoms with E-state index in [0.717, 1.165) is 12.8 Å². The fourth-order valence-electron chi connectivity index (χ4n) is 1.91. The van der Waals surface area contributed by atoms with Crippen molar-refractivity contribution in [2.24, 2.45) is 11.7 Å². The first-order chi connectivity index (χ1) is 7.57. The Labute approximate surface area is 96.4 Å². The number of hydrogen-bond acceptors (Lipinski definition) is 3. The molecule has 3 N–H and O–H groups in total. The Bertz CT molecular complexity index is 268. The van der Waals surface area contributed by atoms with E-state index in [1.807, 2.05) is 6.92 Å². The zero-order valence-corrected chi connectivity index (χ0v) is 10.0. The summed E-state index contributed by atoms with van der Waals surface area (Å²) in [7, 11) is 0. The Hall–Kier alpha value is -1.10. The maximum atomic E-state index is 12.1. The second kappa shape index (κ2) is 5.84. The van der Waals surface area contributed by atoms with E-state index in [9.17, 15) is 9.59 Å². The third-order valence-electron chi connectivity index (χ3n) is 3.04. The molecule has 0 saturated carbocycles. The molecule has 2 amide bonds. The number of rotatable bonds is 4. The molecule has 0 aliphatic carbocycles. The van der Waals surface area contributed by atoms with Crippen LogP contribution in [0.2, 0.25) is 0 Å². The van der Waals surface area contributed by atoms with Crippen LogP contribution in [0.1, 0.15) is 26.7 Å². The summed E-state index contributed by atoms with van der Waals surface area (Å²) in [5, 5.41) is 2.75. The van der Waals surface area contributed by atoms with Gasteiger partial charge in [-0.1, -0.05) is 6.92 Å². The number of carbonyl (C=O) groups excluding carboxylic acids is 2.